The fourth-order valence-corrected chi connectivity index (χ4v) is 1.99. The van der Waals surface area contributed by atoms with Crippen LogP contribution in [0.15, 0.2) is 18.2 Å². The fraction of sp³-hybridized carbons (Fsp3) is 0.167. The largest absolute Gasteiger partial charge is 0.493 e. The Hall–Kier alpha value is -1.52. The molecule has 0 aliphatic heterocycles. The van der Waals surface area contributed by atoms with Crippen LogP contribution < -0.4 is 0 Å². The van der Waals surface area contributed by atoms with E-state index in [-0.39, 0.29) is 17.2 Å². The van der Waals surface area contributed by atoms with Crippen LogP contribution in [-0.4, -0.2) is 20.7 Å². The van der Waals surface area contributed by atoms with Crippen molar-refractivity contribution in [3.05, 3.63) is 45.1 Å². The molecule has 6 heteroatoms. The lowest BCUT2D eigenvalue weighted by Crippen LogP contribution is -2.02. The van der Waals surface area contributed by atoms with Gasteiger partial charge in [-0.3, -0.25) is 4.79 Å². The van der Waals surface area contributed by atoms with E-state index in [1.54, 1.807) is 26.1 Å². The summed E-state index contributed by atoms with van der Waals surface area (Å²) in [6.07, 6.45) is 0. The van der Waals surface area contributed by atoms with E-state index in [1.807, 2.05) is 0 Å². The Bertz CT molecular complexity index is 635. The van der Waals surface area contributed by atoms with Crippen LogP contribution in [0.5, 0.6) is 5.88 Å². The molecule has 0 fully saturated rings. The molecule has 0 bridgehead atoms. The minimum absolute atomic E-state index is 0.163. The number of carbonyl (C=O) groups is 1. The van der Waals surface area contributed by atoms with E-state index in [0.29, 0.717) is 21.3 Å². The molecule has 0 saturated carbocycles. The average molecular weight is 285 g/mol. The van der Waals surface area contributed by atoms with E-state index in [9.17, 15) is 9.90 Å². The van der Waals surface area contributed by atoms with Gasteiger partial charge in [-0.15, -0.1) is 0 Å². The molecule has 1 N–H and O–H groups in total. The molecule has 4 nitrogen and oxygen atoms in total. The van der Waals surface area contributed by atoms with Crippen molar-refractivity contribution in [2.75, 3.05) is 0 Å². The van der Waals surface area contributed by atoms with E-state index in [1.165, 1.54) is 10.7 Å². The number of rotatable bonds is 2. The highest BCUT2D eigenvalue weighted by molar-refractivity contribution is 6.42. The molecule has 0 aliphatic carbocycles. The first-order chi connectivity index (χ1) is 8.41. The van der Waals surface area contributed by atoms with Crippen molar-refractivity contribution < 1.29 is 9.90 Å². The number of aryl methyl sites for hydroxylation is 2. The highest BCUT2D eigenvalue weighted by Gasteiger charge is 2.21. The van der Waals surface area contributed by atoms with Gasteiger partial charge in [-0.2, -0.15) is 5.10 Å². The summed E-state index contributed by atoms with van der Waals surface area (Å²) in [5, 5.41) is 14.4. The topological polar surface area (TPSA) is 55.1 Å². The smallest absolute Gasteiger partial charge is 0.220 e. The lowest BCUT2D eigenvalue weighted by molar-refractivity contribution is 0.103. The Morgan fingerprint density at radius 2 is 2.00 bits per heavy atom. The van der Waals surface area contributed by atoms with Gasteiger partial charge in [0.05, 0.1) is 15.7 Å². The second-order valence-corrected chi connectivity index (χ2v) is 4.68. The van der Waals surface area contributed by atoms with Crippen LogP contribution in [-0.2, 0) is 7.05 Å². The van der Waals surface area contributed by atoms with Crippen molar-refractivity contribution >= 4 is 29.0 Å². The molecule has 0 aliphatic rings. The van der Waals surface area contributed by atoms with Crippen LogP contribution in [0.2, 0.25) is 10.0 Å². The van der Waals surface area contributed by atoms with Crippen LogP contribution in [0, 0.1) is 6.92 Å². The molecule has 1 aromatic carbocycles. The molecule has 0 amide bonds. The van der Waals surface area contributed by atoms with Gasteiger partial charge in [-0.25, -0.2) is 4.68 Å². The van der Waals surface area contributed by atoms with Crippen LogP contribution in [0.25, 0.3) is 0 Å². The van der Waals surface area contributed by atoms with Gasteiger partial charge in [0.25, 0.3) is 0 Å². The van der Waals surface area contributed by atoms with Crippen molar-refractivity contribution in [2.45, 2.75) is 6.92 Å². The van der Waals surface area contributed by atoms with Gasteiger partial charge in [-0.05, 0) is 25.1 Å². The zero-order chi connectivity index (χ0) is 13.4. The summed E-state index contributed by atoms with van der Waals surface area (Å²) in [6, 6.07) is 4.57. The number of carbonyl (C=O) groups excluding carboxylic acids is 1. The summed E-state index contributed by atoms with van der Waals surface area (Å²) >= 11 is 11.7. The minimum atomic E-state index is -0.336. The maximum absolute atomic E-state index is 12.2. The van der Waals surface area contributed by atoms with Crippen molar-refractivity contribution in [1.82, 2.24) is 9.78 Å². The third-order valence-corrected chi connectivity index (χ3v) is 3.34. The van der Waals surface area contributed by atoms with Crippen molar-refractivity contribution in [2.24, 2.45) is 7.05 Å². The number of benzene rings is 1. The summed E-state index contributed by atoms with van der Waals surface area (Å²) in [4.78, 5) is 12.2. The van der Waals surface area contributed by atoms with E-state index in [0.717, 1.165) is 0 Å². The average Bonchev–Trinajstić information content (AvgIpc) is 2.56. The van der Waals surface area contributed by atoms with Crippen LogP contribution >= 0.6 is 23.2 Å². The monoisotopic (exact) mass is 284 g/mol. The molecule has 0 unspecified atom stereocenters. The second-order valence-electron chi connectivity index (χ2n) is 3.87. The molecule has 94 valence electrons. The summed E-state index contributed by atoms with van der Waals surface area (Å²) in [5.74, 6) is -0.500. The Morgan fingerprint density at radius 3 is 2.50 bits per heavy atom. The first-order valence-electron chi connectivity index (χ1n) is 5.14. The van der Waals surface area contributed by atoms with E-state index >= 15 is 0 Å². The molecular formula is C12H10Cl2N2O2. The number of ketones is 1. The normalized spacial score (nSPS) is 10.7. The molecule has 0 radical (unpaired) electrons. The first-order valence-corrected chi connectivity index (χ1v) is 5.89. The van der Waals surface area contributed by atoms with Gasteiger partial charge in [0, 0.05) is 12.6 Å². The standard InChI is InChI=1S/C12H10Cl2N2O2/c1-6-10(12(18)16(2)15-6)11(17)7-3-4-8(13)9(14)5-7/h3-5,18H,1-2H3. The predicted molar refractivity (Wildman–Crippen MR) is 69.5 cm³/mol. The zero-order valence-electron chi connectivity index (χ0n) is 9.74. The number of halogens is 2. The highest BCUT2D eigenvalue weighted by atomic mass is 35.5. The molecule has 1 aromatic heterocycles. The Balaban J connectivity index is 2.51. The summed E-state index contributed by atoms with van der Waals surface area (Å²) < 4.78 is 1.25. The number of aromatic nitrogens is 2. The Labute approximate surface area is 114 Å². The van der Waals surface area contributed by atoms with Gasteiger partial charge in [0.2, 0.25) is 5.88 Å². The predicted octanol–water partition coefficient (Wildman–Crippen LogP) is 2.97. The fourth-order valence-electron chi connectivity index (χ4n) is 1.69. The molecule has 2 rings (SSSR count). The number of nitrogens with zero attached hydrogens (tertiary/aromatic N) is 2. The van der Waals surface area contributed by atoms with Crippen LogP contribution in [0.1, 0.15) is 21.6 Å². The Kier molecular flexibility index (Phi) is 3.32. The summed E-state index contributed by atoms with van der Waals surface area (Å²) in [7, 11) is 1.56. The second kappa shape index (κ2) is 4.63. The first kappa shape index (κ1) is 12.9. The maximum Gasteiger partial charge on any atom is 0.220 e. The van der Waals surface area contributed by atoms with Gasteiger partial charge >= 0.3 is 0 Å². The maximum atomic E-state index is 12.2. The molecule has 0 saturated heterocycles. The van der Waals surface area contributed by atoms with E-state index in [4.69, 9.17) is 23.2 Å². The Morgan fingerprint density at radius 1 is 1.33 bits per heavy atom. The molecule has 2 aromatic rings. The highest BCUT2D eigenvalue weighted by Crippen LogP contribution is 2.27. The van der Waals surface area contributed by atoms with Crippen molar-refractivity contribution in [3.8, 4) is 5.88 Å². The lowest BCUT2D eigenvalue weighted by Gasteiger charge is -2.02. The molecule has 18 heavy (non-hydrogen) atoms. The third kappa shape index (κ3) is 2.09. The van der Waals surface area contributed by atoms with Crippen molar-refractivity contribution in [3.63, 3.8) is 0 Å². The van der Waals surface area contributed by atoms with Crippen LogP contribution in [0.4, 0.5) is 0 Å². The van der Waals surface area contributed by atoms with Gasteiger partial charge in [0.1, 0.15) is 5.56 Å². The quantitative estimate of drug-likeness (QED) is 0.863. The van der Waals surface area contributed by atoms with Gasteiger partial charge in [0.15, 0.2) is 5.78 Å². The number of hydrogen-bond donors (Lipinski definition) is 1. The molecule has 0 atom stereocenters. The third-order valence-electron chi connectivity index (χ3n) is 2.60. The minimum Gasteiger partial charge on any atom is -0.493 e. The number of aromatic hydroxyl groups is 1. The van der Waals surface area contributed by atoms with Crippen LogP contribution in [0.3, 0.4) is 0 Å². The van der Waals surface area contributed by atoms with E-state index in [2.05, 4.69) is 5.10 Å². The summed E-state index contributed by atoms with van der Waals surface area (Å²) in [5.41, 5.74) is 0.998. The molecule has 1 heterocycles. The van der Waals surface area contributed by atoms with Gasteiger partial charge < -0.3 is 5.11 Å². The van der Waals surface area contributed by atoms with E-state index < -0.39 is 0 Å². The van der Waals surface area contributed by atoms with Gasteiger partial charge in [-0.1, -0.05) is 23.2 Å². The zero-order valence-corrected chi connectivity index (χ0v) is 11.2. The van der Waals surface area contributed by atoms with Crippen molar-refractivity contribution in [1.29, 1.82) is 0 Å². The summed E-state index contributed by atoms with van der Waals surface area (Å²) in [6.45, 7) is 1.66. The molecule has 0 spiro atoms. The molecular weight excluding hydrogens is 275 g/mol. The number of hydrogen-bond acceptors (Lipinski definition) is 3. The lowest BCUT2D eigenvalue weighted by atomic mass is 10.0. The SMILES string of the molecule is Cc1nn(C)c(O)c1C(=O)c1ccc(Cl)c(Cl)c1.